The van der Waals surface area contributed by atoms with E-state index in [2.05, 4.69) is 4.98 Å². The van der Waals surface area contributed by atoms with E-state index in [1.54, 1.807) is 0 Å². The summed E-state index contributed by atoms with van der Waals surface area (Å²) < 4.78 is 0. The van der Waals surface area contributed by atoms with E-state index in [0.29, 0.717) is 6.42 Å². The molecule has 90 valence electrons. The largest absolute Gasteiger partial charge is 0.481 e. The minimum absolute atomic E-state index is 0.208. The van der Waals surface area contributed by atoms with Crippen LogP contribution in [0.3, 0.4) is 0 Å². The van der Waals surface area contributed by atoms with Crippen LogP contribution in [0.25, 0.3) is 10.9 Å². The van der Waals surface area contributed by atoms with Gasteiger partial charge < -0.3 is 10.1 Å². The Morgan fingerprint density at radius 2 is 2.24 bits per heavy atom. The van der Waals surface area contributed by atoms with Crippen LogP contribution in [0.1, 0.15) is 24.0 Å². The Bertz CT molecular complexity index is 560. The number of aromatic nitrogens is 1. The van der Waals surface area contributed by atoms with Crippen molar-refractivity contribution in [2.75, 3.05) is 0 Å². The smallest absolute Gasteiger partial charge is 0.303 e. The molecule has 2 rings (SSSR count). The van der Waals surface area contributed by atoms with Crippen LogP contribution >= 0.6 is 11.6 Å². The molecule has 0 radical (unpaired) electrons. The molecule has 0 fully saturated rings. The second kappa shape index (κ2) is 4.80. The van der Waals surface area contributed by atoms with Gasteiger partial charge in [-0.2, -0.15) is 0 Å². The minimum Gasteiger partial charge on any atom is -0.481 e. The summed E-state index contributed by atoms with van der Waals surface area (Å²) >= 11 is 6.05. The number of fused-ring (bicyclic) bond motifs is 1. The van der Waals surface area contributed by atoms with Crippen LogP contribution in [0.5, 0.6) is 0 Å². The molecule has 1 aromatic carbocycles. The van der Waals surface area contributed by atoms with Crippen molar-refractivity contribution < 1.29 is 9.90 Å². The number of rotatable bonds is 4. The highest BCUT2D eigenvalue weighted by Crippen LogP contribution is 2.27. The van der Waals surface area contributed by atoms with Crippen LogP contribution in [0.2, 0.25) is 5.02 Å². The summed E-state index contributed by atoms with van der Waals surface area (Å²) in [7, 11) is 0. The lowest BCUT2D eigenvalue weighted by Gasteiger charge is -2.01. The fourth-order valence-corrected chi connectivity index (χ4v) is 2.17. The van der Waals surface area contributed by atoms with E-state index in [1.165, 1.54) is 0 Å². The van der Waals surface area contributed by atoms with Gasteiger partial charge in [-0.05, 0) is 37.0 Å². The lowest BCUT2D eigenvalue weighted by Crippen LogP contribution is -1.95. The molecule has 2 aromatic rings. The Labute approximate surface area is 104 Å². The first kappa shape index (κ1) is 12.0. The molecule has 0 aliphatic heterocycles. The second-order valence-electron chi connectivity index (χ2n) is 4.16. The summed E-state index contributed by atoms with van der Waals surface area (Å²) in [6, 6.07) is 3.87. The van der Waals surface area contributed by atoms with Gasteiger partial charge in [-0.25, -0.2) is 0 Å². The third-order valence-electron chi connectivity index (χ3n) is 2.97. The average Bonchev–Trinajstić information content (AvgIpc) is 2.67. The average molecular weight is 252 g/mol. The Morgan fingerprint density at radius 3 is 2.94 bits per heavy atom. The van der Waals surface area contributed by atoms with Crippen LogP contribution < -0.4 is 0 Å². The zero-order valence-corrected chi connectivity index (χ0v) is 10.3. The summed E-state index contributed by atoms with van der Waals surface area (Å²) in [6.45, 7) is 1.97. The molecule has 0 unspecified atom stereocenters. The molecule has 0 saturated heterocycles. The van der Waals surface area contributed by atoms with E-state index in [9.17, 15) is 4.79 Å². The Kier molecular flexibility index (Phi) is 3.38. The number of halogens is 1. The van der Waals surface area contributed by atoms with Crippen molar-refractivity contribution in [3.63, 3.8) is 0 Å². The summed E-state index contributed by atoms with van der Waals surface area (Å²) in [5, 5.41) is 10.5. The molecule has 0 aliphatic rings. The highest BCUT2D eigenvalue weighted by atomic mass is 35.5. The topological polar surface area (TPSA) is 53.1 Å². The number of aliphatic carboxylic acids is 1. The maximum atomic E-state index is 10.5. The van der Waals surface area contributed by atoms with Crippen molar-refractivity contribution in [2.24, 2.45) is 0 Å². The Morgan fingerprint density at radius 1 is 1.47 bits per heavy atom. The van der Waals surface area contributed by atoms with Crippen molar-refractivity contribution in [3.8, 4) is 0 Å². The summed E-state index contributed by atoms with van der Waals surface area (Å²) in [5.41, 5.74) is 3.23. The molecule has 1 aromatic heterocycles. The van der Waals surface area contributed by atoms with Gasteiger partial charge in [-0.3, -0.25) is 4.79 Å². The summed E-state index contributed by atoms with van der Waals surface area (Å²) in [5.74, 6) is -0.746. The number of aryl methyl sites for hydroxylation is 2. The van der Waals surface area contributed by atoms with E-state index < -0.39 is 5.97 Å². The van der Waals surface area contributed by atoms with Crippen LogP contribution in [-0.4, -0.2) is 16.1 Å². The fourth-order valence-electron chi connectivity index (χ4n) is 2.01. The van der Waals surface area contributed by atoms with Gasteiger partial charge in [0, 0.05) is 23.0 Å². The quantitative estimate of drug-likeness (QED) is 0.873. The zero-order chi connectivity index (χ0) is 12.4. The van der Waals surface area contributed by atoms with Crippen molar-refractivity contribution in [1.29, 1.82) is 0 Å². The molecule has 4 heteroatoms. The van der Waals surface area contributed by atoms with Crippen molar-refractivity contribution in [2.45, 2.75) is 26.2 Å². The summed E-state index contributed by atoms with van der Waals surface area (Å²) in [6.07, 6.45) is 3.58. The number of carboxylic acid groups (broad SMARTS) is 1. The molecule has 0 atom stereocenters. The number of H-pyrrole nitrogens is 1. The van der Waals surface area contributed by atoms with E-state index in [-0.39, 0.29) is 6.42 Å². The molecular weight excluding hydrogens is 238 g/mol. The third kappa shape index (κ3) is 2.44. The van der Waals surface area contributed by atoms with Gasteiger partial charge in [0.1, 0.15) is 0 Å². The van der Waals surface area contributed by atoms with Crippen molar-refractivity contribution >= 4 is 28.5 Å². The van der Waals surface area contributed by atoms with Gasteiger partial charge in [0.25, 0.3) is 0 Å². The SMILES string of the molecule is Cc1c(Cl)ccc2c(CCCC(=O)O)c[nH]c12. The van der Waals surface area contributed by atoms with Crippen LogP contribution in [-0.2, 0) is 11.2 Å². The lowest BCUT2D eigenvalue weighted by atomic mass is 10.1. The highest BCUT2D eigenvalue weighted by molar-refractivity contribution is 6.32. The lowest BCUT2D eigenvalue weighted by molar-refractivity contribution is -0.137. The van der Waals surface area contributed by atoms with Crippen LogP contribution in [0.4, 0.5) is 0 Å². The predicted molar refractivity (Wildman–Crippen MR) is 68.6 cm³/mol. The molecule has 0 saturated carbocycles. The molecule has 0 spiro atoms. The molecule has 1 heterocycles. The molecule has 2 N–H and O–H groups in total. The van der Waals surface area contributed by atoms with Gasteiger partial charge in [0.15, 0.2) is 0 Å². The maximum absolute atomic E-state index is 10.5. The fraction of sp³-hybridized carbons (Fsp3) is 0.308. The number of hydrogen-bond acceptors (Lipinski definition) is 1. The molecule has 0 aliphatic carbocycles. The first-order valence-electron chi connectivity index (χ1n) is 5.56. The number of nitrogens with one attached hydrogen (secondary N) is 1. The Hall–Kier alpha value is -1.48. The Balaban J connectivity index is 2.25. The first-order valence-corrected chi connectivity index (χ1v) is 5.94. The van der Waals surface area contributed by atoms with E-state index >= 15 is 0 Å². The standard InChI is InChI=1S/C13H14ClNO2/c1-8-11(14)6-5-10-9(7-15-13(8)10)3-2-4-12(16)17/h5-7,15H,2-4H2,1H3,(H,16,17). The van der Waals surface area contributed by atoms with Crippen LogP contribution in [0, 0.1) is 6.92 Å². The summed E-state index contributed by atoms with van der Waals surface area (Å²) in [4.78, 5) is 13.7. The minimum atomic E-state index is -0.746. The van der Waals surface area contributed by atoms with E-state index in [4.69, 9.17) is 16.7 Å². The number of carboxylic acids is 1. The van der Waals surface area contributed by atoms with Gasteiger partial charge in [0.2, 0.25) is 0 Å². The molecule has 17 heavy (non-hydrogen) atoms. The third-order valence-corrected chi connectivity index (χ3v) is 3.38. The monoisotopic (exact) mass is 251 g/mol. The van der Waals surface area contributed by atoms with Gasteiger partial charge >= 0.3 is 5.97 Å². The van der Waals surface area contributed by atoms with Crippen LogP contribution in [0.15, 0.2) is 18.3 Å². The predicted octanol–water partition coefficient (Wildman–Crippen LogP) is 3.54. The van der Waals surface area contributed by atoms with Crippen molar-refractivity contribution in [1.82, 2.24) is 4.98 Å². The maximum Gasteiger partial charge on any atom is 0.303 e. The second-order valence-corrected chi connectivity index (χ2v) is 4.56. The van der Waals surface area contributed by atoms with Gasteiger partial charge in [-0.15, -0.1) is 0 Å². The van der Waals surface area contributed by atoms with Gasteiger partial charge in [0.05, 0.1) is 5.52 Å². The molecule has 3 nitrogen and oxygen atoms in total. The zero-order valence-electron chi connectivity index (χ0n) is 9.59. The van der Waals surface area contributed by atoms with E-state index in [0.717, 1.165) is 33.5 Å². The number of hydrogen-bond donors (Lipinski definition) is 2. The molecule has 0 bridgehead atoms. The normalized spacial score (nSPS) is 10.9. The number of benzene rings is 1. The molecular formula is C13H14ClNO2. The highest BCUT2D eigenvalue weighted by Gasteiger charge is 2.08. The van der Waals surface area contributed by atoms with Crippen molar-refractivity contribution in [3.05, 3.63) is 34.5 Å². The van der Waals surface area contributed by atoms with Gasteiger partial charge in [-0.1, -0.05) is 17.7 Å². The number of aromatic amines is 1. The number of carbonyl (C=O) groups is 1. The first-order chi connectivity index (χ1) is 8.09. The molecule has 0 amide bonds. The van der Waals surface area contributed by atoms with E-state index in [1.807, 2.05) is 25.3 Å².